The van der Waals surface area contributed by atoms with Gasteiger partial charge in [-0.15, -0.1) is 0 Å². The first-order valence-corrected chi connectivity index (χ1v) is 4.04. The van der Waals surface area contributed by atoms with Gasteiger partial charge in [0, 0.05) is 13.0 Å². The molecular formula is C8H14O2. The third-order valence-corrected chi connectivity index (χ3v) is 3.11. The van der Waals surface area contributed by atoms with Crippen LogP contribution < -0.4 is 0 Å². The number of fused-ring (bicyclic) bond motifs is 2. The zero-order chi connectivity index (χ0) is 7.14. The maximum absolute atomic E-state index is 9.55. The van der Waals surface area contributed by atoms with Crippen molar-refractivity contribution in [2.24, 2.45) is 11.8 Å². The Morgan fingerprint density at radius 1 is 1.40 bits per heavy atom. The number of rotatable bonds is 1. The Kier molecular flexibility index (Phi) is 1.46. The lowest BCUT2D eigenvalue weighted by Gasteiger charge is -2.18. The molecule has 2 heteroatoms. The van der Waals surface area contributed by atoms with Crippen LogP contribution in [0.15, 0.2) is 0 Å². The van der Waals surface area contributed by atoms with Gasteiger partial charge in [0.15, 0.2) is 0 Å². The van der Waals surface area contributed by atoms with E-state index in [2.05, 4.69) is 0 Å². The van der Waals surface area contributed by atoms with Gasteiger partial charge in [-0.3, -0.25) is 0 Å². The lowest BCUT2D eigenvalue weighted by atomic mass is 9.98. The van der Waals surface area contributed by atoms with E-state index < -0.39 is 0 Å². The van der Waals surface area contributed by atoms with Gasteiger partial charge in [-0.05, 0) is 25.2 Å². The van der Waals surface area contributed by atoms with Crippen LogP contribution in [0, 0.1) is 11.8 Å². The Bertz CT molecular complexity index is 135. The first-order chi connectivity index (χ1) is 4.83. The smallest absolute Gasteiger partial charge is 0.0627 e. The van der Waals surface area contributed by atoms with E-state index in [0.29, 0.717) is 17.9 Å². The molecule has 2 aliphatic carbocycles. The van der Waals surface area contributed by atoms with Crippen molar-refractivity contribution in [3.63, 3.8) is 0 Å². The van der Waals surface area contributed by atoms with Gasteiger partial charge in [0.1, 0.15) is 0 Å². The monoisotopic (exact) mass is 142 g/mol. The predicted molar refractivity (Wildman–Crippen MR) is 37.6 cm³/mol. The summed E-state index contributed by atoms with van der Waals surface area (Å²) in [6.45, 7) is 0. The van der Waals surface area contributed by atoms with E-state index in [0.717, 1.165) is 6.42 Å². The molecule has 2 bridgehead atoms. The molecule has 4 atom stereocenters. The summed E-state index contributed by atoms with van der Waals surface area (Å²) in [5, 5.41) is 9.55. The summed E-state index contributed by atoms with van der Waals surface area (Å²) < 4.78 is 5.26. The quantitative estimate of drug-likeness (QED) is 0.586. The lowest BCUT2D eigenvalue weighted by molar-refractivity contribution is 0.0360. The molecule has 0 aromatic carbocycles. The van der Waals surface area contributed by atoms with Gasteiger partial charge in [-0.25, -0.2) is 0 Å². The van der Waals surface area contributed by atoms with Gasteiger partial charge >= 0.3 is 0 Å². The van der Waals surface area contributed by atoms with Crippen LogP contribution >= 0.6 is 0 Å². The lowest BCUT2D eigenvalue weighted by Crippen LogP contribution is -2.21. The Hall–Kier alpha value is -0.0800. The minimum Gasteiger partial charge on any atom is -0.392 e. The maximum atomic E-state index is 9.55. The fraction of sp³-hybridized carbons (Fsp3) is 1.00. The highest BCUT2D eigenvalue weighted by Crippen LogP contribution is 2.45. The summed E-state index contributed by atoms with van der Waals surface area (Å²) in [7, 11) is 1.75. The van der Waals surface area contributed by atoms with Gasteiger partial charge in [0.25, 0.3) is 0 Å². The molecule has 0 radical (unpaired) electrons. The highest BCUT2D eigenvalue weighted by molar-refractivity contribution is 4.97. The minimum absolute atomic E-state index is 0.0510. The fourth-order valence-corrected chi connectivity index (χ4v) is 2.50. The third kappa shape index (κ3) is 0.722. The van der Waals surface area contributed by atoms with E-state index in [1.165, 1.54) is 12.8 Å². The van der Waals surface area contributed by atoms with Gasteiger partial charge in [0.05, 0.1) is 12.2 Å². The van der Waals surface area contributed by atoms with Crippen molar-refractivity contribution >= 4 is 0 Å². The van der Waals surface area contributed by atoms with Crippen molar-refractivity contribution in [2.75, 3.05) is 7.11 Å². The Morgan fingerprint density at radius 3 is 2.50 bits per heavy atom. The van der Waals surface area contributed by atoms with Gasteiger partial charge in [-0.1, -0.05) is 0 Å². The molecule has 2 aliphatic rings. The van der Waals surface area contributed by atoms with E-state index in [1.54, 1.807) is 7.11 Å². The second-order valence-corrected chi connectivity index (χ2v) is 3.50. The molecular weight excluding hydrogens is 128 g/mol. The molecule has 58 valence electrons. The van der Waals surface area contributed by atoms with E-state index in [4.69, 9.17) is 4.74 Å². The number of ether oxygens (including phenoxy) is 1. The summed E-state index contributed by atoms with van der Waals surface area (Å²) in [5.41, 5.74) is 0. The topological polar surface area (TPSA) is 29.5 Å². The molecule has 2 rings (SSSR count). The summed E-state index contributed by atoms with van der Waals surface area (Å²) in [6, 6.07) is 0. The maximum Gasteiger partial charge on any atom is 0.0627 e. The fourth-order valence-electron chi connectivity index (χ4n) is 2.50. The van der Waals surface area contributed by atoms with Gasteiger partial charge in [0.2, 0.25) is 0 Å². The molecule has 2 saturated carbocycles. The average Bonchev–Trinajstić information content (AvgIpc) is 2.46. The molecule has 2 fully saturated rings. The summed E-state index contributed by atoms with van der Waals surface area (Å²) >= 11 is 0. The standard InChI is InChI=1S/C8H14O2/c1-10-7-4-5-2-3-6(7)8(5)9/h5-9H,2-4H2,1H3/t5-,6-,7+,8+/m1/s1. The van der Waals surface area contributed by atoms with E-state index >= 15 is 0 Å². The van der Waals surface area contributed by atoms with Gasteiger partial charge in [-0.2, -0.15) is 0 Å². The number of methoxy groups -OCH3 is 1. The molecule has 10 heavy (non-hydrogen) atoms. The highest BCUT2D eigenvalue weighted by Gasteiger charge is 2.47. The van der Waals surface area contributed by atoms with Crippen molar-refractivity contribution in [1.29, 1.82) is 0 Å². The van der Waals surface area contributed by atoms with Crippen molar-refractivity contribution in [2.45, 2.75) is 31.5 Å². The molecule has 1 N–H and O–H groups in total. The van der Waals surface area contributed by atoms with Crippen LogP contribution in [0.3, 0.4) is 0 Å². The van der Waals surface area contributed by atoms with Crippen LogP contribution in [0.4, 0.5) is 0 Å². The predicted octanol–water partition coefficient (Wildman–Crippen LogP) is 0.792. The molecule has 0 saturated heterocycles. The van der Waals surface area contributed by atoms with Crippen LogP contribution in [0.25, 0.3) is 0 Å². The molecule has 0 heterocycles. The van der Waals surface area contributed by atoms with Crippen LogP contribution in [0.1, 0.15) is 19.3 Å². The van der Waals surface area contributed by atoms with Crippen LogP contribution in [-0.4, -0.2) is 24.4 Å². The van der Waals surface area contributed by atoms with Crippen LogP contribution in [-0.2, 0) is 4.74 Å². The molecule has 0 amide bonds. The molecule has 0 aromatic heterocycles. The molecule has 0 aliphatic heterocycles. The van der Waals surface area contributed by atoms with Crippen molar-refractivity contribution < 1.29 is 9.84 Å². The minimum atomic E-state index is -0.0510. The van der Waals surface area contributed by atoms with Crippen molar-refractivity contribution in [3.05, 3.63) is 0 Å². The molecule has 0 aromatic rings. The second kappa shape index (κ2) is 2.21. The first kappa shape index (κ1) is 6.62. The number of hydrogen-bond acceptors (Lipinski definition) is 2. The molecule has 0 spiro atoms. The Labute approximate surface area is 61.2 Å². The summed E-state index contributed by atoms with van der Waals surface area (Å²) in [6.07, 6.45) is 3.77. The van der Waals surface area contributed by atoms with E-state index in [-0.39, 0.29) is 6.10 Å². The summed E-state index contributed by atoms with van der Waals surface area (Å²) in [5.74, 6) is 1.00. The summed E-state index contributed by atoms with van der Waals surface area (Å²) in [4.78, 5) is 0. The highest BCUT2D eigenvalue weighted by atomic mass is 16.5. The first-order valence-electron chi connectivity index (χ1n) is 4.04. The molecule has 0 unspecified atom stereocenters. The SMILES string of the molecule is CO[C@H]1C[C@H]2CC[C@H]1[C@H]2O. The van der Waals surface area contributed by atoms with E-state index in [1.807, 2.05) is 0 Å². The zero-order valence-electron chi connectivity index (χ0n) is 6.29. The largest absolute Gasteiger partial charge is 0.392 e. The zero-order valence-corrected chi connectivity index (χ0v) is 6.29. The Morgan fingerprint density at radius 2 is 2.20 bits per heavy atom. The number of hydrogen-bond donors (Lipinski definition) is 1. The van der Waals surface area contributed by atoms with Crippen LogP contribution in [0.5, 0.6) is 0 Å². The number of aliphatic hydroxyl groups excluding tert-OH is 1. The van der Waals surface area contributed by atoms with Crippen molar-refractivity contribution in [1.82, 2.24) is 0 Å². The second-order valence-electron chi connectivity index (χ2n) is 3.50. The normalized spacial score (nSPS) is 52.2. The number of aliphatic hydroxyl groups is 1. The van der Waals surface area contributed by atoms with Crippen LogP contribution in [0.2, 0.25) is 0 Å². The third-order valence-electron chi connectivity index (χ3n) is 3.11. The average molecular weight is 142 g/mol. The van der Waals surface area contributed by atoms with Gasteiger partial charge < -0.3 is 9.84 Å². The Balaban J connectivity index is 2.08. The van der Waals surface area contributed by atoms with E-state index in [9.17, 15) is 5.11 Å². The van der Waals surface area contributed by atoms with Crippen molar-refractivity contribution in [3.8, 4) is 0 Å². The molecule has 2 nitrogen and oxygen atoms in total.